The van der Waals surface area contributed by atoms with Crippen LogP contribution in [-0.4, -0.2) is 25.0 Å². The van der Waals surface area contributed by atoms with E-state index < -0.39 is 5.97 Å². The van der Waals surface area contributed by atoms with Crippen molar-refractivity contribution < 1.29 is 14.3 Å². The van der Waals surface area contributed by atoms with Crippen molar-refractivity contribution in [2.24, 2.45) is 23.2 Å². The average Bonchev–Trinajstić information content (AvgIpc) is 2.63. The summed E-state index contributed by atoms with van der Waals surface area (Å²) in [5.74, 6) is 1.83. The lowest BCUT2D eigenvalue weighted by atomic mass is 9.49. The van der Waals surface area contributed by atoms with E-state index in [0.29, 0.717) is 10.4 Å². The molecule has 5 rings (SSSR count). The molecular formula is C22H26ClNO3. The highest BCUT2D eigenvalue weighted by atomic mass is 35.5. The monoisotopic (exact) mass is 387 g/mol. The first-order chi connectivity index (χ1) is 13.0. The quantitative estimate of drug-likeness (QED) is 0.587. The summed E-state index contributed by atoms with van der Waals surface area (Å²) < 4.78 is 5.06. The summed E-state index contributed by atoms with van der Waals surface area (Å²) in [4.78, 5) is 24.0. The van der Waals surface area contributed by atoms with E-state index >= 15 is 0 Å². The van der Waals surface area contributed by atoms with Crippen molar-refractivity contribution in [3.63, 3.8) is 0 Å². The fourth-order valence-electron chi connectivity index (χ4n) is 5.80. The number of benzene rings is 1. The number of hydrogen-bond acceptors (Lipinski definition) is 3. The molecule has 0 radical (unpaired) electrons. The second-order valence-corrected chi connectivity index (χ2v) is 9.06. The van der Waals surface area contributed by atoms with Crippen LogP contribution in [0.15, 0.2) is 30.3 Å². The van der Waals surface area contributed by atoms with E-state index in [0.717, 1.165) is 29.9 Å². The lowest BCUT2D eigenvalue weighted by molar-refractivity contribution is -0.144. The van der Waals surface area contributed by atoms with E-state index in [9.17, 15) is 9.59 Å². The maximum Gasteiger partial charge on any atom is 0.331 e. The number of amides is 1. The zero-order valence-electron chi connectivity index (χ0n) is 15.5. The fourth-order valence-corrected chi connectivity index (χ4v) is 6.00. The fraction of sp³-hybridized carbons (Fsp3) is 0.545. The Balaban J connectivity index is 1.22. The molecule has 4 aliphatic rings. The van der Waals surface area contributed by atoms with Gasteiger partial charge in [0.2, 0.25) is 0 Å². The number of ether oxygens (including phenoxy) is 1. The third kappa shape index (κ3) is 4.37. The van der Waals surface area contributed by atoms with Crippen LogP contribution in [0.25, 0.3) is 6.08 Å². The molecule has 0 aliphatic heterocycles. The molecule has 1 aromatic carbocycles. The minimum atomic E-state index is -0.542. The van der Waals surface area contributed by atoms with Crippen molar-refractivity contribution in [1.29, 1.82) is 0 Å². The molecule has 0 heterocycles. The standard InChI is InChI=1S/C22H26ClNO3/c23-19-4-2-1-3-18(19)5-6-21(26)27-13-20(25)24-14-22-10-15-7-16(11-22)9-17(8-15)12-22/h1-6,15-17H,7-14H2,(H,24,25)/b6-5+. The van der Waals surface area contributed by atoms with Crippen LogP contribution >= 0.6 is 11.6 Å². The first-order valence-corrected chi connectivity index (χ1v) is 10.3. The van der Waals surface area contributed by atoms with Gasteiger partial charge in [0, 0.05) is 17.6 Å². The third-order valence-corrected chi connectivity index (χ3v) is 6.82. The number of halogens is 1. The number of carbonyl (C=O) groups excluding carboxylic acids is 2. The van der Waals surface area contributed by atoms with Gasteiger partial charge in [0.05, 0.1) is 0 Å². The van der Waals surface area contributed by atoms with E-state index in [-0.39, 0.29) is 12.5 Å². The molecule has 0 aromatic heterocycles. The van der Waals surface area contributed by atoms with Crippen LogP contribution in [0.1, 0.15) is 44.1 Å². The van der Waals surface area contributed by atoms with Crippen LogP contribution in [0.2, 0.25) is 5.02 Å². The Labute approximate surface area is 165 Å². The third-order valence-electron chi connectivity index (χ3n) is 6.48. The van der Waals surface area contributed by atoms with Gasteiger partial charge in [-0.1, -0.05) is 29.8 Å². The summed E-state index contributed by atoms with van der Waals surface area (Å²) in [6, 6.07) is 7.23. The summed E-state index contributed by atoms with van der Waals surface area (Å²) in [6.07, 6.45) is 10.8. The normalized spacial score (nSPS) is 31.2. The minimum Gasteiger partial charge on any atom is -0.452 e. The summed E-state index contributed by atoms with van der Waals surface area (Å²) in [5, 5.41) is 3.58. The molecular weight excluding hydrogens is 362 g/mol. The van der Waals surface area contributed by atoms with E-state index in [1.807, 2.05) is 18.2 Å². The largest absolute Gasteiger partial charge is 0.452 e. The van der Waals surface area contributed by atoms with Gasteiger partial charge in [-0.15, -0.1) is 0 Å². The van der Waals surface area contributed by atoms with Crippen LogP contribution in [-0.2, 0) is 14.3 Å². The van der Waals surface area contributed by atoms with Crippen LogP contribution < -0.4 is 5.32 Å². The second-order valence-electron chi connectivity index (χ2n) is 8.66. The molecule has 0 spiro atoms. The molecule has 4 aliphatic carbocycles. The molecule has 4 bridgehead atoms. The molecule has 1 amide bonds. The summed E-state index contributed by atoms with van der Waals surface area (Å²) in [6.45, 7) is 0.487. The maximum absolute atomic E-state index is 12.1. The predicted octanol–water partition coefficient (Wildman–Crippen LogP) is 4.23. The van der Waals surface area contributed by atoms with Crippen molar-refractivity contribution >= 4 is 29.6 Å². The van der Waals surface area contributed by atoms with Crippen molar-refractivity contribution in [3.05, 3.63) is 40.9 Å². The molecule has 0 unspecified atom stereocenters. The number of nitrogens with one attached hydrogen (secondary N) is 1. The Morgan fingerprint density at radius 1 is 1.11 bits per heavy atom. The van der Waals surface area contributed by atoms with Gasteiger partial charge in [0.15, 0.2) is 6.61 Å². The van der Waals surface area contributed by atoms with Gasteiger partial charge in [0.25, 0.3) is 5.91 Å². The summed E-state index contributed by atoms with van der Waals surface area (Å²) >= 11 is 6.04. The Bertz CT molecular complexity index is 722. The molecule has 1 N–H and O–H groups in total. The lowest BCUT2D eigenvalue weighted by Gasteiger charge is -2.56. The lowest BCUT2D eigenvalue weighted by Crippen LogP contribution is -2.51. The highest BCUT2D eigenvalue weighted by Crippen LogP contribution is 2.59. The molecule has 0 saturated heterocycles. The smallest absolute Gasteiger partial charge is 0.331 e. The van der Waals surface area contributed by atoms with Crippen molar-refractivity contribution in [2.75, 3.05) is 13.2 Å². The van der Waals surface area contributed by atoms with Crippen molar-refractivity contribution in [3.8, 4) is 0 Å². The number of rotatable bonds is 6. The minimum absolute atomic E-state index is 0.217. The number of hydrogen-bond donors (Lipinski definition) is 1. The van der Waals surface area contributed by atoms with E-state index in [1.165, 1.54) is 44.6 Å². The Kier molecular flexibility index (Phi) is 5.27. The van der Waals surface area contributed by atoms with Gasteiger partial charge >= 0.3 is 5.97 Å². The molecule has 4 saturated carbocycles. The van der Waals surface area contributed by atoms with Gasteiger partial charge in [-0.3, -0.25) is 4.79 Å². The molecule has 4 nitrogen and oxygen atoms in total. The molecule has 1 aromatic rings. The van der Waals surface area contributed by atoms with Gasteiger partial charge in [-0.25, -0.2) is 4.79 Å². The zero-order chi connectivity index (χ0) is 18.9. The van der Waals surface area contributed by atoms with Crippen LogP contribution in [0, 0.1) is 23.2 Å². The van der Waals surface area contributed by atoms with Crippen LogP contribution in [0.3, 0.4) is 0 Å². The van der Waals surface area contributed by atoms with Crippen molar-refractivity contribution in [1.82, 2.24) is 5.32 Å². The summed E-state index contributed by atoms with van der Waals surface area (Å²) in [7, 11) is 0. The van der Waals surface area contributed by atoms with E-state index in [2.05, 4.69) is 5.32 Å². The van der Waals surface area contributed by atoms with Crippen LogP contribution in [0.4, 0.5) is 0 Å². The van der Waals surface area contributed by atoms with Crippen LogP contribution in [0.5, 0.6) is 0 Å². The van der Waals surface area contributed by atoms with Gasteiger partial charge in [-0.05, 0) is 79.4 Å². The van der Waals surface area contributed by atoms with Gasteiger partial charge in [-0.2, -0.15) is 0 Å². The molecule has 27 heavy (non-hydrogen) atoms. The molecule has 144 valence electrons. The predicted molar refractivity (Wildman–Crippen MR) is 105 cm³/mol. The SMILES string of the molecule is O=C(COC(=O)/C=C/c1ccccc1Cl)NCC12CC3CC(CC(C3)C1)C2. The first-order valence-electron chi connectivity index (χ1n) is 9.87. The van der Waals surface area contributed by atoms with Gasteiger partial charge < -0.3 is 10.1 Å². The second kappa shape index (κ2) is 7.67. The molecule has 0 atom stereocenters. The summed E-state index contributed by atoms with van der Waals surface area (Å²) in [5.41, 5.74) is 1.03. The molecule has 4 fully saturated rings. The highest BCUT2D eigenvalue weighted by molar-refractivity contribution is 6.32. The maximum atomic E-state index is 12.1. The first kappa shape index (κ1) is 18.5. The molecule has 5 heteroatoms. The number of esters is 1. The van der Waals surface area contributed by atoms with Crippen molar-refractivity contribution in [2.45, 2.75) is 38.5 Å². The van der Waals surface area contributed by atoms with Gasteiger partial charge in [0.1, 0.15) is 0 Å². The van der Waals surface area contributed by atoms with E-state index in [1.54, 1.807) is 12.1 Å². The zero-order valence-corrected chi connectivity index (χ0v) is 16.2. The topological polar surface area (TPSA) is 55.4 Å². The average molecular weight is 388 g/mol. The Hall–Kier alpha value is -1.81. The number of carbonyl (C=O) groups is 2. The Morgan fingerprint density at radius 2 is 1.74 bits per heavy atom. The van der Waals surface area contributed by atoms with E-state index in [4.69, 9.17) is 16.3 Å². The Morgan fingerprint density at radius 3 is 2.37 bits per heavy atom. The highest BCUT2D eigenvalue weighted by Gasteiger charge is 2.50.